The maximum absolute atomic E-state index is 10.9. The van der Waals surface area contributed by atoms with Crippen molar-refractivity contribution in [2.45, 2.75) is 13.5 Å². The van der Waals surface area contributed by atoms with Gasteiger partial charge >= 0.3 is 5.97 Å². The Bertz CT molecular complexity index is 917. The minimum Gasteiger partial charge on any atom is -0.478 e. The van der Waals surface area contributed by atoms with Crippen molar-refractivity contribution in [1.82, 2.24) is 4.57 Å². The van der Waals surface area contributed by atoms with Crippen molar-refractivity contribution < 1.29 is 9.90 Å². The molecule has 3 heteroatoms. The number of allylic oxidation sites excluding steroid dienone is 2. The van der Waals surface area contributed by atoms with Gasteiger partial charge in [-0.3, -0.25) is 0 Å². The molecule has 0 saturated heterocycles. The van der Waals surface area contributed by atoms with Gasteiger partial charge in [0.05, 0.1) is 0 Å². The highest BCUT2D eigenvalue weighted by atomic mass is 16.4. The second-order valence-electron chi connectivity index (χ2n) is 5.73. The molecule has 24 heavy (non-hydrogen) atoms. The monoisotopic (exact) mass is 317 g/mol. The smallest absolute Gasteiger partial charge is 0.331 e. The van der Waals surface area contributed by atoms with Crippen molar-refractivity contribution in [2.24, 2.45) is 0 Å². The third kappa shape index (κ3) is 3.46. The number of carboxylic acids is 1. The van der Waals surface area contributed by atoms with Crippen LogP contribution in [0.25, 0.3) is 17.0 Å². The molecule has 0 aliphatic heterocycles. The number of aliphatic carboxylic acids is 1. The number of para-hydroxylation sites is 1. The van der Waals surface area contributed by atoms with E-state index in [-0.39, 0.29) is 0 Å². The Morgan fingerprint density at radius 3 is 2.54 bits per heavy atom. The molecule has 0 atom stereocenters. The molecule has 120 valence electrons. The first-order chi connectivity index (χ1) is 11.6. The van der Waals surface area contributed by atoms with Gasteiger partial charge in [-0.05, 0) is 24.1 Å². The Balaban J connectivity index is 1.96. The van der Waals surface area contributed by atoms with Crippen LogP contribution in [-0.2, 0) is 11.3 Å². The Morgan fingerprint density at radius 2 is 1.79 bits per heavy atom. The van der Waals surface area contributed by atoms with Crippen LogP contribution in [-0.4, -0.2) is 15.6 Å². The summed E-state index contributed by atoms with van der Waals surface area (Å²) in [5.74, 6) is -0.897. The van der Waals surface area contributed by atoms with Crippen LogP contribution in [0, 0.1) is 0 Å². The van der Waals surface area contributed by atoms with Gasteiger partial charge in [-0.1, -0.05) is 66.8 Å². The molecule has 0 saturated carbocycles. The minimum atomic E-state index is -0.897. The fraction of sp³-hybridized carbons (Fsp3) is 0.0952. The summed E-state index contributed by atoms with van der Waals surface area (Å²) >= 11 is 0. The van der Waals surface area contributed by atoms with Crippen molar-refractivity contribution in [1.29, 1.82) is 0 Å². The molecule has 1 N–H and O–H groups in total. The highest BCUT2D eigenvalue weighted by molar-refractivity contribution is 5.90. The zero-order valence-electron chi connectivity index (χ0n) is 13.5. The van der Waals surface area contributed by atoms with Crippen molar-refractivity contribution in [2.75, 3.05) is 0 Å². The average Bonchev–Trinajstić information content (AvgIpc) is 2.94. The number of hydrogen-bond acceptors (Lipinski definition) is 1. The van der Waals surface area contributed by atoms with Crippen molar-refractivity contribution in [3.8, 4) is 0 Å². The highest BCUT2D eigenvalue weighted by Crippen LogP contribution is 2.23. The Labute approximate surface area is 141 Å². The van der Waals surface area contributed by atoms with E-state index in [4.69, 9.17) is 5.11 Å². The molecule has 0 spiro atoms. The topological polar surface area (TPSA) is 42.2 Å². The molecule has 0 bridgehead atoms. The van der Waals surface area contributed by atoms with E-state index < -0.39 is 5.97 Å². The summed E-state index contributed by atoms with van der Waals surface area (Å²) in [6.45, 7) is 2.39. The average molecular weight is 317 g/mol. The van der Waals surface area contributed by atoms with Crippen molar-refractivity contribution in [3.05, 3.63) is 89.6 Å². The fourth-order valence-electron chi connectivity index (χ4n) is 2.69. The van der Waals surface area contributed by atoms with Gasteiger partial charge in [0.2, 0.25) is 0 Å². The lowest BCUT2D eigenvalue weighted by molar-refractivity contribution is -0.132. The number of hydrogen-bond donors (Lipinski definition) is 1. The molecule has 3 nitrogen and oxygen atoms in total. The van der Waals surface area contributed by atoms with E-state index in [0.29, 0.717) is 5.57 Å². The van der Waals surface area contributed by atoms with E-state index in [1.54, 1.807) is 19.1 Å². The maximum Gasteiger partial charge on any atom is 0.331 e. The number of carboxylic acid groups (broad SMARTS) is 1. The molecule has 0 fully saturated rings. The first kappa shape index (κ1) is 15.8. The van der Waals surface area contributed by atoms with Gasteiger partial charge < -0.3 is 9.67 Å². The molecule has 3 aromatic rings. The van der Waals surface area contributed by atoms with Crippen LogP contribution < -0.4 is 0 Å². The predicted molar refractivity (Wildman–Crippen MR) is 97.9 cm³/mol. The van der Waals surface area contributed by atoms with Gasteiger partial charge in [0.1, 0.15) is 0 Å². The minimum absolute atomic E-state index is 0.319. The summed E-state index contributed by atoms with van der Waals surface area (Å²) in [5.41, 5.74) is 3.81. The fourth-order valence-corrected chi connectivity index (χ4v) is 2.69. The van der Waals surface area contributed by atoms with Crippen LogP contribution in [0.4, 0.5) is 0 Å². The summed E-state index contributed by atoms with van der Waals surface area (Å²) in [6, 6.07) is 18.6. The Kier molecular flexibility index (Phi) is 4.62. The largest absolute Gasteiger partial charge is 0.478 e. The summed E-state index contributed by atoms with van der Waals surface area (Å²) < 4.78 is 2.22. The SMILES string of the molecule is C/C(=C\C=C\c1cn(Cc2ccccc2)c2ccccc12)C(=O)O. The molecule has 0 aliphatic carbocycles. The second-order valence-corrected chi connectivity index (χ2v) is 5.73. The number of benzene rings is 2. The first-order valence-corrected chi connectivity index (χ1v) is 7.85. The first-order valence-electron chi connectivity index (χ1n) is 7.85. The van der Waals surface area contributed by atoms with Gasteiger partial charge in [0.15, 0.2) is 0 Å². The molecule has 1 aromatic heterocycles. The molecular formula is C21H19NO2. The summed E-state index contributed by atoms with van der Waals surface area (Å²) in [5, 5.41) is 10.1. The van der Waals surface area contributed by atoms with Crippen LogP contribution in [0.5, 0.6) is 0 Å². The summed E-state index contributed by atoms with van der Waals surface area (Å²) in [4.78, 5) is 10.9. The molecule has 1 heterocycles. The van der Waals surface area contributed by atoms with Crippen LogP contribution in [0.2, 0.25) is 0 Å². The molecule has 3 rings (SSSR count). The van der Waals surface area contributed by atoms with Crippen molar-refractivity contribution in [3.63, 3.8) is 0 Å². The van der Waals surface area contributed by atoms with Crippen LogP contribution in [0.3, 0.4) is 0 Å². The lowest BCUT2D eigenvalue weighted by Gasteiger charge is -2.05. The Hall–Kier alpha value is -3.07. The van der Waals surface area contributed by atoms with Crippen LogP contribution >= 0.6 is 0 Å². The normalized spacial score (nSPS) is 12.1. The zero-order valence-corrected chi connectivity index (χ0v) is 13.5. The molecule has 0 aliphatic rings. The second kappa shape index (κ2) is 7.01. The zero-order chi connectivity index (χ0) is 16.9. The number of aromatic nitrogens is 1. The van der Waals surface area contributed by atoms with Crippen molar-refractivity contribution >= 4 is 22.9 Å². The number of fused-ring (bicyclic) bond motifs is 1. The van der Waals surface area contributed by atoms with E-state index >= 15 is 0 Å². The lowest BCUT2D eigenvalue weighted by atomic mass is 10.1. The van der Waals surface area contributed by atoms with Gasteiger partial charge in [0.25, 0.3) is 0 Å². The van der Waals surface area contributed by atoms with E-state index in [2.05, 4.69) is 35.0 Å². The van der Waals surface area contributed by atoms with Gasteiger partial charge in [-0.25, -0.2) is 4.79 Å². The Morgan fingerprint density at radius 1 is 1.08 bits per heavy atom. The van der Waals surface area contributed by atoms with E-state index in [0.717, 1.165) is 17.5 Å². The molecule has 2 aromatic carbocycles. The third-order valence-corrected chi connectivity index (χ3v) is 3.97. The summed E-state index contributed by atoms with van der Waals surface area (Å²) in [6.07, 6.45) is 7.47. The molecule has 0 amide bonds. The molecule has 0 unspecified atom stereocenters. The molecular weight excluding hydrogens is 298 g/mol. The third-order valence-electron chi connectivity index (χ3n) is 3.97. The number of nitrogens with zero attached hydrogens (tertiary/aromatic N) is 1. The van der Waals surface area contributed by atoms with Crippen LogP contribution in [0.15, 0.2) is 78.5 Å². The highest BCUT2D eigenvalue weighted by Gasteiger charge is 2.06. The summed E-state index contributed by atoms with van der Waals surface area (Å²) in [7, 11) is 0. The maximum atomic E-state index is 10.9. The number of carbonyl (C=O) groups is 1. The van der Waals surface area contributed by atoms with Crippen LogP contribution in [0.1, 0.15) is 18.1 Å². The molecule has 0 radical (unpaired) electrons. The van der Waals surface area contributed by atoms with Gasteiger partial charge in [-0.2, -0.15) is 0 Å². The van der Waals surface area contributed by atoms with E-state index in [1.807, 2.05) is 36.4 Å². The lowest BCUT2D eigenvalue weighted by Crippen LogP contribution is -1.97. The van der Waals surface area contributed by atoms with E-state index in [1.165, 1.54) is 11.1 Å². The number of rotatable bonds is 5. The quantitative estimate of drug-likeness (QED) is 0.546. The predicted octanol–water partition coefficient (Wildman–Crippen LogP) is 4.73. The van der Waals surface area contributed by atoms with E-state index in [9.17, 15) is 4.79 Å². The standard InChI is InChI=1S/C21H19NO2/c1-16(21(23)24)8-7-11-18-15-22(14-17-9-3-2-4-10-17)20-13-6-5-12-19(18)20/h2-13,15H,14H2,1H3,(H,23,24)/b11-7+,16-8+. The van der Waals surface area contributed by atoms with Gasteiger partial charge in [-0.15, -0.1) is 0 Å². The van der Waals surface area contributed by atoms with Gasteiger partial charge in [0, 0.05) is 29.2 Å².